The Kier molecular flexibility index (Phi) is 5.14. The number of amides is 1. The number of hydrogen-bond donors (Lipinski definition) is 3. The molecule has 114 valence electrons. The minimum atomic E-state index is -1.46. The van der Waals surface area contributed by atoms with E-state index in [1.165, 1.54) is 0 Å². The Morgan fingerprint density at radius 2 is 1.60 bits per heavy atom. The van der Waals surface area contributed by atoms with Gasteiger partial charge in [0.2, 0.25) is 5.91 Å². The van der Waals surface area contributed by atoms with Gasteiger partial charge in [0.25, 0.3) is 0 Å². The first-order valence-electron chi connectivity index (χ1n) is 7.10. The molecule has 6 heteroatoms. The SMILES string of the molecule is CCC(CC)(C(=O)O)C(=O)NCC1(C(=O)O)CCCC1. The third-order valence-electron chi connectivity index (χ3n) is 4.65. The Labute approximate surface area is 118 Å². The molecule has 0 spiro atoms. The van der Waals surface area contributed by atoms with E-state index in [0.29, 0.717) is 12.8 Å². The van der Waals surface area contributed by atoms with Gasteiger partial charge in [0, 0.05) is 6.54 Å². The summed E-state index contributed by atoms with van der Waals surface area (Å²) in [7, 11) is 0. The van der Waals surface area contributed by atoms with E-state index in [2.05, 4.69) is 5.32 Å². The van der Waals surface area contributed by atoms with Crippen molar-refractivity contribution < 1.29 is 24.6 Å². The molecule has 0 unspecified atom stereocenters. The van der Waals surface area contributed by atoms with Crippen LogP contribution in [0.25, 0.3) is 0 Å². The van der Waals surface area contributed by atoms with Crippen molar-refractivity contribution in [3.05, 3.63) is 0 Å². The van der Waals surface area contributed by atoms with Crippen LogP contribution >= 0.6 is 0 Å². The summed E-state index contributed by atoms with van der Waals surface area (Å²) in [6, 6.07) is 0. The average molecular weight is 285 g/mol. The summed E-state index contributed by atoms with van der Waals surface area (Å²) in [5.41, 5.74) is -2.39. The molecule has 1 aliphatic carbocycles. The lowest BCUT2D eigenvalue weighted by atomic mass is 9.80. The smallest absolute Gasteiger partial charge is 0.319 e. The Morgan fingerprint density at radius 3 is 1.95 bits per heavy atom. The summed E-state index contributed by atoms with van der Waals surface area (Å²) in [5, 5.41) is 21.2. The molecular weight excluding hydrogens is 262 g/mol. The number of carboxylic acids is 2. The van der Waals surface area contributed by atoms with Crippen molar-refractivity contribution in [3.8, 4) is 0 Å². The van der Waals surface area contributed by atoms with Gasteiger partial charge in [-0.2, -0.15) is 0 Å². The highest BCUT2D eigenvalue weighted by molar-refractivity contribution is 6.02. The molecule has 6 nitrogen and oxygen atoms in total. The number of carboxylic acid groups (broad SMARTS) is 2. The minimum absolute atomic E-state index is 0.0101. The van der Waals surface area contributed by atoms with E-state index in [-0.39, 0.29) is 19.4 Å². The maximum Gasteiger partial charge on any atom is 0.319 e. The van der Waals surface area contributed by atoms with Crippen LogP contribution in [0.4, 0.5) is 0 Å². The van der Waals surface area contributed by atoms with E-state index in [1.807, 2.05) is 0 Å². The molecule has 0 heterocycles. The predicted octanol–water partition coefficient (Wildman–Crippen LogP) is 1.64. The van der Waals surface area contributed by atoms with Crippen LogP contribution in [0.5, 0.6) is 0 Å². The van der Waals surface area contributed by atoms with Crippen molar-refractivity contribution in [2.45, 2.75) is 52.4 Å². The zero-order valence-corrected chi connectivity index (χ0v) is 12.1. The van der Waals surface area contributed by atoms with E-state index in [9.17, 15) is 24.6 Å². The summed E-state index contributed by atoms with van der Waals surface area (Å²) in [4.78, 5) is 35.0. The topological polar surface area (TPSA) is 104 Å². The first-order chi connectivity index (χ1) is 9.34. The maximum absolute atomic E-state index is 12.2. The van der Waals surface area contributed by atoms with Gasteiger partial charge in [0.1, 0.15) is 5.41 Å². The molecule has 1 aliphatic rings. The number of rotatable bonds is 7. The molecule has 0 radical (unpaired) electrons. The molecule has 1 amide bonds. The molecule has 0 aromatic carbocycles. The van der Waals surface area contributed by atoms with Crippen molar-refractivity contribution in [3.63, 3.8) is 0 Å². The van der Waals surface area contributed by atoms with Crippen LogP contribution in [0, 0.1) is 10.8 Å². The Balaban J connectivity index is 2.79. The van der Waals surface area contributed by atoms with Crippen LogP contribution in [0.2, 0.25) is 0 Å². The molecule has 20 heavy (non-hydrogen) atoms. The first kappa shape index (κ1) is 16.5. The predicted molar refractivity (Wildman–Crippen MR) is 72.2 cm³/mol. The molecular formula is C14H23NO5. The van der Waals surface area contributed by atoms with Gasteiger partial charge in [-0.25, -0.2) is 0 Å². The quantitative estimate of drug-likeness (QED) is 0.617. The van der Waals surface area contributed by atoms with Gasteiger partial charge >= 0.3 is 11.9 Å². The molecule has 0 aromatic rings. The van der Waals surface area contributed by atoms with Crippen molar-refractivity contribution in [2.75, 3.05) is 6.54 Å². The lowest BCUT2D eigenvalue weighted by Crippen LogP contribution is -2.50. The first-order valence-corrected chi connectivity index (χ1v) is 7.10. The Morgan fingerprint density at radius 1 is 1.10 bits per heavy atom. The van der Waals surface area contributed by atoms with Crippen LogP contribution in [-0.2, 0) is 14.4 Å². The number of carbonyl (C=O) groups excluding carboxylic acids is 1. The average Bonchev–Trinajstić information content (AvgIpc) is 2.88. The highest BCUT2D eigenvalue weighted by Gasteiger charge is 2.46. The molecule has 1 rings (SSSR count). The number of carbonyl (C=O) groups is 3. The fourth-order valence-corrected chi connectivity index (χ4v) is 2.91. The lowest BCUT2D eigenvalue weighted by Gasteiger charge is -2.29. The number of nitrogens with one attached hydrogen (secondary N) is 1. The van der Waals surface area contributed by atoms with Gasteiger partial charge < -0.3 is 15.5 Å². The van der Waals surface area contributed by atoms with E-state index in [0.717, 1.165) is 12.8 Å². The number of aliphatic carboxylic acids is 2. The molecule has 1 saturated carbocycles. The zero-order valence-electron chi connectivity index (χ0n) is 12.1. The van der Waals surface area contributed by atoms with E-state index in [1.54, 1.807) is 13.8 Å². The zero-order chi connectivity index (χ0) is 15.4. The normalized spacial score (nSPS) is 17.7. The molecule has 3 N–H and O–H groups in total. The molecule has 1 fully saturated rings. The summed E-state index contributed by atoms with van der Waals surface area (Å²) in [6.07, 6.45) is 3.08. The van der Waals surface area contributed by atoms with Gasteiger partial charge in [-0.15, -0.1) is 0 Å². The third kappa shape index (κ3) is 2.78. The Hall–Kier alpha value is -1.59. The maximum atomic E-state index is 12.2. The monoisotopic (exact) mass is 285 g/mol. The summed E-state index contributed by atoms with van der Waals surface area (Å²) >= 11 is 0. The van der Waals surface area contributed by atoms with Gasteiger partial charge in [-0.1, -0.05) is 26.7 Å². The van der Waals surface area contributed by atoms with Crippen molar-refractivity contribution >= 4 is 17.8 Å². The lowest BCUT2D eigenvalue weighted by molar-refractivity contribution is -0.156. The van der Waals surface area contributed by atoms with Crippen molar-refractivity contribution in [1.82, 2.24) is 5.32 Å². The van der Waals surface area contributed by atoms with Gasteiger partial charge in [-0.3, -0.25) is 14.4 Å². The Bertz CT molecular complexity index is 394. The van der Waals surface area contributed by atoms with Crippen LogP contribution in [0.1, 0.15) is 52.4 Å². The summed E-state index contributed by atoms with van der Waals surface area (Å²) in [5.74, 6) is -2.65. The molecule has 0 aromatic heterocycles. The van der Waals surface area contributed by atoms with Gasteiger partial charge in [0.15, 0.2) is 0 Å². The second kappa shape index (κ2) is 6.24. The highest BCUT2D eigenvalue weighted by atomic mass is 16.4. The van der Waals surface area contributed by atoms with Crippen molar-refractivity contribution in [2.24, 2.45) is 10.8 Å². The van der Waals surface area contributed by atoms with Crippen LogP contribution in [0.15, 0.2) is 0 Å². The minimum Gasteiger partial charge on any atom is -0.481 e. The molecule has 0 bridgehead atoms. The molecule has 0 atom stereocenters. The summed E-state index contributed by atoms with van der Waals surface area (Å²) < 4.78 is 0. The number of hydrogen-bond acceptors (Lipinski definition) is 3. The summed E-state index contributed by atoms with van der Waals surface area (Å²) in [6.45, 7) is 3.32. The second-order valence-electron chi connectivity index (χ2n) is 5.57. The van der Waals surface area contributed by atoms with Crippen molar-refractivity contribution in [1.29, 1.82) is 0 Å². The molecule has 0 saturated heterocycles. The second-order valence-corrected chi connectivity index (χ2v) is 5.57. The van der Waals surface area contributed by atoms with Crippen LogP contribution < -0.4 is 5.32 Å². The highest BCUT2D eigenvalue weighted by Crippen LogP contribution is 2.38. The van der Waals surface area contributed by atoms with Gasteiger partial charge in [0.05, 0.1) is 5.41 Å². The largest absolute Gasteiger partial charge is 0.481 e. The van der Waals surface area contributed by atoms with Crippen LogP contribution in [0.3, 0.4) is 0 Å². The van der Waals surface area contributed by atoms with E-state index in [4.69, 9.17) is 0 Å². The van der Waals surface area contributed by atoms with Gasteiger partial charge in [-0.05, 0) is 25.7 Å². The molecule has 0 aliphatic heterocycles. The fourth-order valence-electron chi connectivity index (χ4n) is 2.91. The van der Waals surface area contributed by atoms with E-state index < -0.39 is 28.7 Å². The van der Waals surface area contributed by atoms with Crippen LogP contribution in [-0.4, -0.2) is 34.6 Å². The standard InChI is InChI=1S/C14H23NO5/c1-3-14(4-2,12(19)20)10(16)15-9-13(11(17)18)7-5-6-8-13/h3-9H2,1-2H3,(H,15,16)(H,17,18)(H,19,20). The fraction of sp³-hybridized carbons (Fsp3) is 0.786. The third-order valence-corrected chi connectivity index (χ3v) is 4.65. The van der Waals surface area contributed by atoms with E-state index >= 15 is 0 Å².